The minimum atomic E-state index is -0.876. The number of rotatable bonds is 8. The lowest BCUT2D eigenvalue weighted by atomic mass is 10.1. The summed E-state index contributed by atoms with van der Waals surface area (Å²) >= 11 is 6.28. The van der Waals surface area contributed by atoms with Crippen LogP contribution in [0.1, 0.15) is 25.7 Å². The summed E-state index contributed by atoms with van der Waals surface area (Å²) in [5.74, 6) is 0.444. The van der Waals surface area contributed by atoms with Gasteiger partial charge in [0, 0.05) is 29.9 Å². The molecule has 1 aliphatic heterocycles. The van der Waals surface area contributed by atoms with Crippen LogP contribution >= 0.6 is 11.6 Å². The number of benzene rings is 3. The van der Waals surface area contributed by atoms with Gasteiger partial charge in [-0.1, -0.05) is 11.6 Å². The fourth-order valence-electron chi connectivity index (χ4n) is 5.42. The Kier molecular flexibility index (Phi) is 9.63. The highest BCUT2D eigenvalue weighted by Crippen LogP contribution is 2.37. The number of fused-ring (bicyclic) bond motifs is 1. The van der Waals surface area contributed by atoms with Crippen LogP contribution in [0.15, 0.2) is 65.5 Å². The van der Waals surface area contributed by atoms with Gasteiger partial charge in [0.1, 0.15) is 17.3 Å². The number of carbonyl (C=O) groups is 2. The second kappa shape index (κ2) is 13.6. The van der Waals surface area contributed by atoms with E-state index in [0.717, 1.165) is 0 Å². The molecule has 1 fully saturated rings. The molecule has 2 heterocycles. The molecular formula is C32H35ClFN7O5. The molecule has 2 atom stereocenters. The zero-order valence-electron chi connectivity index (χ0n) is 25.9. The van der Waals surface area contributed by atoms with Gasteiger partial charge >= 0.3 is 6.03 Å². The molecule has 4 aromatic rings. The summed E-state index contributed by atoms with van der Waals surface area (Å²) in [7, 11) is 2.98. The van der Waals surface area contributed by atoms with Crippen molar-refractivity contribution in [3.63, 3.8) is 0 Å². The molecule has 0 spiro atoms. The van der Waals surface area contributed by atoms with Crippen molar-refractivity contribution in [2.75, 3.05) is 55.6 Å². The predicted octanol–water partition coefficient (Wildman–Crippen LogP) is 4.13. The van der Waals surface area contributed by atoms with Crippen LogP contribution in [-0.2, 0) is 4.79 Å². The highest BCUT2D eigenvalue weighted by atomic mass is 35.5. The topological polar surface area (TPSA) is 135 Å². The minimum absolute atomic E-state index is 0.181. The lowest BCUT2D eigenvalue weighted by molar-refractivity contribution is -0.132. The molecule has 1 aliphatic rings. The predicted molar refractivity (Wildman–Crippen MR) is 175 cm³/mol. The van der Waals surface area contributed by atoms with Crippen molar-refractivity contribution in [1.82, 2.24) is 14.6 Å². The normalized spacial score (nSPS) is 14.5. The Morgan fingerprint density at radius 3 is 2.33 bits per heavy atom. The summed E-state index contributed by atoms with van der Waals surface area (Å²) in [5.41, 5.74) is 6.55. The molecule has 12 nitrogen and oxygen atoms in total. The van der Waals surface area contributed by atoms with Crippen LogP contribution in [0, 0.1) is 5.82 Å². The van der Waals surface area contributed by atoms with E-state index in [0.29, 0.717) is 65.0 Å². The molecule has 0 saturated carbocycles. The van der Waals surface area contributed by atoms with Gasteiger partial charge in [-0.3, -0.25) is 14.5 Å². The molecule has 3 N–H and O–H groups in total. The molecule has 1 saturated heterocycles. The molecule has 1 aromatic heterocycles. The monoisotopic (exact) mass is 651 g/mol. The number of nitrogens with zero attached hydrogens (tertiary/aromatic N) is 5. The molecule has 46 heavy (non-hydrogen) atoms. The Morgan fingerprint density at radius 2 is 1.70 bits per heavy atom. The molecule has 3 aromatic carbocycles. The van der Waals surface area contributed by atoms with E-state index >= 15 is 0 Å². The number of amides is 3. The van der Waals surface area contributed by atoms with Gasteiger partial charge in [-0.25, -0.2) is 18.8 Å². The lowest BCUT2D eigenvalue weighted by Crippen LogP contribution is -2.58. The lowest BCUT2D eigenvalue weighted by Gasteiger charge is -2.39. The fourth-order valence-corrected chi connectivity index (χ4v) is 5.60. The molecule has 0 radical (unpaired) electrons. The second-order valence-corrected chi connectivity index (χ2v) is 11.3. The molecule has 14 heteroatoms. The van der Waals surface area contributed by atoms with E-state index in [1.165, 1.54) is 48.1 Å². The number of aromatic nitrogens is 2. The Labute approximate surface area is 270 Å². The number of anilines is 2. The van der Waals surface area contributed by atoms with Crippen molar-refractivity contribution in [3.05, 3.63) is 87.7 Å². The minimum Gasteiger partial charge on any atom is -0.497 e. The molecule has 0 bridgehead atoms. The van der Waals surface area contributed by atoms with Gasteiger partial charge in [-0.2, -0.15) is 0 Å². The number of ether oxygens (including phenoxy) is 2. The van der Waals surface area contributed by atoms with Crippen molar-refractivity contribution < 1.29 is 23.5 Å². The highest BCUT2D eigenvalue weighted by molar-refractivity contribution is 6.31. The first-order chi connectivity index (χ1) is 22.0. The van der Waals surface area contributed by atoms with Crippen LogP contribution in [-0.4, -0.2) is 72.9 Å². The van der Waals surface area contributed by atoms with E-state index in [2.05, 4.69) is 5.32 Å². The van der Waals surface area contributed by atoms with Crippen LogP contribution in [0.5, 0.6) is 11.5 Å². The molecular weight excluding hydrogens is 617 g/mol. The van der Waals surface area contributed by atoms with Crippen LogP contribution in [0.4, 0.5) is 20.6 Å². The van der Waals surface area contributed by atoms with Crippen molar-refractivity contribution in [3.8, 4) is 11.5 Å². The zero-order valence-corrected chi connectivity index (χ0v) is 26.6. The van der Waals surface area contributed by atoms with Gasteiger partial charge in [-0.05, 0) is 68.4 Å². The van der Waals surface area contributed by atoms with Crippen LogP contribution < -0.4 is 36.0 Å². The Morgan fingerprint density at radius 1 is 1.00 bits per heavy atom. The van der Waals surface area contributed by atoms with Crippen molar-refractivity contribution in [1.29, 1.82) is 0 Å². The summed E-state index contributed by atoms with van der Waals surface area (Å²) in [6.45, 7) is 4.64. The standard InChI is InChI=1S/C32H35ClFN7O5/c1-19(35)30(42)38-13-15-39(16-14-38)41-29(37-26-11-5-21(33)17-25(26)31(41)43)20(2)40(27-12-10-24(45-3)18-28(27)46-4)32(44)36-23-8-6-22(34)7-9-23/h5-12,17-20H,13-16,35H2,1-4H3,(H,36,44). The third-order valence-electron chi connectivity index (χ3n) is 7.80. The third-order valence-corrected chi connectivity index (χ3v) is 8.03. The molecule has 242 valence electrons. The average molecular weight is 652 g/mol. The maximum atomic E-state index is 14.2. The van der Waals surface area contributed by atoms with E-state index in [9.17, 15) is 18.8 Å². The van der Waals surface area contributed by atoms with Crippen molar-refractivity contribution in [2.45, 2.75) is 25.9 Å². The zero-order chi connectivity index (χ0) is 33.1. The number of hydrogen-bond acceptors (Lipinski definition) is 8. The Hall–Kier alpha value is -4.88. The summed E-state index contributed by atoms with van der Waals surface area (Å²) in [5, 5.41) is 5.28. The van der Waals surface area contributed by atoms with E-state index in [1.807, 2.05) is 0 Å². The number of urea groups is 1. The highest BCUT2D eigenvalue weighted by Gasteiger charge is 2.33. The second-order valence-electron chi connectivity index (χ2n) is 10.8. The van der Waals surface area contributed by atoms with Gasteiger partial charge < -0.3 is 30.4 Å². The smallest absolute Gasteiger partial charge is 0.327 e. The van der Waals surface area contributed by atoms with Crippen LogP contribution in [0.3, 0.4) is 0 Å². The molecule has 5 rings (SSSR count). The van der Waals surface area contributed by atoms with E-state index in [-0.39, 0.29) is 17.3 Å². The molecule has 2 unspecified atom stereocenters. The van der Waals surface area contributed by atoms with Gasteiger partial charge in [0.25, 0.3) is 5.56 Å². The van der Waals surface area contributed by atoms with Crippen LogP contribution in [0.25, 0.3) is 10.9 Å². The number of carbonyl (C=O) groups excluding carboxylic acids is 2. The third kappa shape index (κ3) is 6.56. The van der Waals surface area contributed by atoms with Crippen molar-refractivity contribution >= 4 is 45.8 Å². The first-order valence-electron chi connectivity index (χ1n) is 14.6. The van der Waals surface area contributed by atoms with Gasteiger partial charge in [0.05, 0.1) is 56.0 Å². The molecule has 0 aliphatic carbocycles. The van der Waals surface area contributed by atoms with E-state index in [1.54, 1.807) is 60.2 Å². The Bertz CT molecular complexity index is 1810. The SMILES string of the molecule is COc1ccc(N(C(=O)Nc2ccc(F)cc2)C(C)c2nc3ccc(Cl)cc3c(=O)n2N2CCN(C(=O)C(C)N)CC2)c(OC)c1. The number of hydrogen-bond donors (Lipinski definition) is 2. The maximum absolute atomic E-state index is 14.2. The first-order valence-corrected chi connectivity index (χ1v) is 15.0. The van der Waals surface area contributed by atoms with E-state index < -0.39 is 23.9 Å². The fraction of sp³-hybridized carbons (Fsp3) is 0.312. The maximum Gasteiger partial charge on any atom is 0.327 e. The number of methoxy groups -OCH3 is 2. The summed E-state index contributed by atoms with van der Waals surface area (Å²) in [6.07, 6.45) is 0. The van der Waals surface area contributed by atoms with Crippen molar-refractivity contribution in [2.24, 2.45) is 5.73 Å². The molecule has 3 amide bonds. The number of halogens is 2. The number of nitrogens with one attached hydrogen (secondary N) is 1. The average Bonchev–Trinajstić information content (AvgIpc) is 3.05. The number of piperazine rings is 1. The quantitative estimate of drug-likeness (QED) is 0.290. The van der Waals surface area contributed by atoms with Gasteiger partial charge in [0.15, 0.2) is 5.82 Å². The number of nitrogens with two attached hydrogens (primary N) is 1. The summed E-state index contributed by atoms with van der Waals surface area (Å²) in [4.78, 5) is 48.9. The first kappa shape index (κ1) is 32.5. The summed E-state index contributed by atoms with van der Waals surface area (Å²) in [6, 6.07) is 13.1. The van der Waals surface area contributed by atoms with Gasteiger partial charge in [-0.15, -0.1) is 0 Å². The van der Waals surface area contributed by atoms with Crippen LogP contribution in [0.2, 0.25) is 5.02 Å². The largest absolute Gasteiger partial charge is 0.497 e. The van der Waals surface area contributed by atoms with Gasteiger partial charge in [0.2, 0.25) is 5.91 Å². The van der Waals surface area contributed by atoms with E-state index in [4.69, 9.17) is 31.8 Å². The summed E-state index contributed by atoms with van der Waals surface area (Å²) < 4.78 is 26.1. The Balaban J connectivity index is 1.65.